The quantitative estimate of drug-likeness (QED) is 0.378. The van der Waals surface area contributed by atoms with Gasteiger partial charge in [0.15, 0.2) is 0 Å². The van der Waals surface area contributed by atoms with Crippen molar-refractivity contribution in [1.82, 2.24) is 12.3 Å². The van der Waals surface area contributed by atoms with Crippen molar-refractivity contribution in [2.24, 2.45) is 5.73 Å². The number of primary amides is 1. The molecule has 0 fully saturated rings. The number of hydrogen-bond donors (Lipinski definition) is 4. The molecule has 0 saturated carbocycles. The van der Waals surface area contributed by atoms with E-state index in [1.165, 1.54) is 0 Å². The summed E-state index contributed by atoms with van der Waals surface area (Å²) >= 11 is 0. The molecule has 0 atom stereocenters. The van der Waals surface area contributed by atoms with Crippen LogP contribution in [0.5, 0.6) is 0 Å². The van der Waals surface area contributed by atoms with Crippen molar-refractivity contribution in [3.05, 3.63) is 0 Å². The van der Waals surface area contributed by atoms with Crippen LogP contribution in [-0.4, -0.2) is 11.2 Å². The molecular formula is CH10ClN3O2. The predicted octanol–water partition coefficient (Wildman–Crippen LogP) is 0.369. The predicted molar refractivity (Wildman–Crippen MR) is 29.5 cm³/mol. The third-order valence-corrected chi connectivity index (χ3v) is 0. The number of nitrogens with two attached hydrogens (primary N) is 1. The van der Waals surface area contributed by atoms with Gasteiger partial charge in [0.2, 0.25) is 0 Å². The average molecular weight is 132 g/mol. The first-order valence-corrected chi connectivity index (χ1v) is 0.716. The highest BCUT2D eigenvalue weighted by Crippen LogP contribution is 1.34. The maximum Gasteiger partial charge on any atom is 0.402 e. The molecule has 1 amide bonds. The number of rotatable bonds is 0. The summed E-state index contributed by atoms with van der Waals surface area (Å²) in [5.41, 5.74) is 4.03. The van der Waals surface area contributed by atoms with E-state index < -0.39 is 6.09 Å². The van der Waals surface area contributed by atoms with E-state index in [1.807, 2.05) is 0 Å². The Morgan fingerprint density at radius 2 is 1.43 bits per heavy atom. The van der Waals surface area contributed by atoms with Crippen LogP contribution in [0.4, 0.5) is 4.79 Å². The van der Waals surface area contributed by atoms with Gasteiger partial charge in [0.05, 0.1) is 0 Å². The second kappa shape index (κ2) is 17.9. The molecule has 6 heteroatoms. The molecule has 0 aliphatic heterocycles. The van der Waals surface area contributed by atoms with Gasteiger partial charge in [0.1, 0.15) is 0 Å². The molecule has 48 valence electrons. The Kier molecular flexibility index (Phi) is 80.8. The van der Waals surface area contributed by atoms with Crippen molar-refractivity contribution in [2.75, 3.05) is 0 Å². The van der Waals surface area contributed by atoms with E-state index in [0.29, 0.717) is 0 Å². The zero-order valence-corrected chi connectivity index (χ0v) is 4.57. The minimum absolute atomic E-state index is 0. The standard InChI is InChI=1S/CH3NO2.ClH.2H3N/c2-1(3)4;;;/h2H2,(H,3,4);1H;2*1H3. The first-order chi connectivity index (χ1) is 1.73. The summed E-state index contributed by atoms with van der Waals surface area (Å²) < 4.78 is 0. The van der Waals surface area contributed by atoms with Gasteiger partial charge in [-0.2, -0.15) is 0 Å². The van der Waals surface area contributed by atoms with Gasteiger partial charge in [-0.3, -0.25) is 0 Å². The molecule has 0 aliphatic carbocycles. The van der Waals surface area contributed by atoms with Gasteiger partial charge >= 0.3 is 6.09 Å². The Morgan fingerprint density at radius 3 is 1.43 bits per heavy atom. The molecule has 0 bridgehead atoms. The third kappa shape index (κ3) is 245. The topological polar surface area (TPSA) is 133 Å². The Morgan fingerprint density at radius 1 is 1.43 bits per heavy atom. The molecule has 0 aromatic heterocycles. The average Bonchev–Trinajstić information content (AvgIpc) is 0.811. The fourth-order valence-corrected chi connectivity index (χ4v) is 0. The molecule has 0 radical (unpaired) electrons. The van der Waals surface area contributed by atoms with Gasteiger partial charge < -0.3 is 23.1 Å². The first kappa shape index (κ1) is 31.6. The molecule has 0 spiro atoms. The zero-order chi connectivity index (χ0) is 3.58. The smallest absolute Gasteiger partial charge is 0.402 e. The maximum absolute atomic E-state index is 8.78. The minimum Gasteiger partial charge on any atom is -0.465 e. The summed E-state index contributed by atoms with van der Waals surface area (Å²) in [5, 5.41) is 7.19. The Balaban J connectivity index is -0.0000000150. The van der Waals surface area contributed by atoms with E-state index in [-0.39, 0.29) is 24.7 Å². The van der Waals surface area contributed by atoms with Gasteiger partial charge in [0, 0.05) is 0 Å². The van der Waals surface area contributed by atoms with Gasteiger partial charge in [-0.15, -0.1) is 12.4 Å². The van der Waals surface area contributed by atoms with Gasteiger partial charge in [-0.25, -0.2) is 4.79 Å². The monoisotopic (exact) mass is 131 g/mol. The molecule has 0 unspecified atom stereocenters. The molecule has 0 heterocycles. The van der Waals surface area contributed by atoms with Crippen molar-refractivity contribution in [3.8, 4) is 0 Å². The highest BCUT2D eigenvalue weighted by Gasteiger charge is 1.65. The summed E-state index contributed by atoms with van der Waals surface area (Å²) in [4.78, 5) is 8.78. The van der Waals surface area contributed by atoms with E-state index in [2.05, 4.69) is 5.73 Å². The van der Waals surface area contributed by atoms with Gasteiger partial charge in [-0.05, 0) is 0 Å². The van der Waals surface area contributed by atoms with Crippen LogP contribution in [0.1, 0.15) is 0 Å². The Bertz CT molecular complexity index is 35.9. The first-order valence-electron chi connectivity index (χ1n) is 0.716. The molecule has 0 saturated heterocycles. The normalized spacial score (nSPS) is 3.43. The van der Waals surface area contributed by atoms with Crippen LogP contribution >= 0.6 is 12.4 Å². The van der Waals surface area contributed by atoms with E-state index in [0.717, 1.165) is 0 Å². The van der Waals surface area contributed by atoms with Crippen molar-refractivity contribution in [3.63, 3.8) is 0 Å². The van der Waals surface area contributed by atoms with Crippen molar-refractivity contribution >= 4 is 18.5 Å². The molecule has 5 nitrogen and oxygen atoms in total. The second-order valence-electron chi connectivity index (χ2n) is 0.338. The van der Waals surface area contributed by atoms with E-state index in [9.17, 15) is 0 Å². The molecular weight excluding hydrogens is 121 g/mol. The van der Waals surface area contributed by atoms with E-state index >= 15 is 0 Å². The Labute approximate surface area is 47.5 Å². The number of hydrogen-bond acceptors (Lipinski definition) is 3. The lowest BCUT2D eigenvalue weighted by Crippen LogP contribution is -2.03. The molecule has 7 heavy (non-hydrogen) atoms. The number of amides is 1. The number of carboxylic acid groups (broad SMARTS) is 1. The second-order valence-corrected chi connectivity index (χ2v) is 0.338. The number of carbonyl (C=O) groups is 1. The molecule has 9 N–H and O–H groups in total. The van der Waals surface area contributed by atoms with E-state index in [4.69, 9.17) is 9.90 Å². The lowest BCUT2D eigenvalue weighted by Gasteiger charge is -1.61. The van der Waals surface area contributed by atoms with Crippen LogP contribution in [0.3, 0.4) is 0 Å². The number of halogens is 1. The summed E-state index contributed by atoms with van der Waals surface area (Å²) in [6.45, 7) is 0. The van der Waals surface area contributed by atoms with Crippen LogP contribution in [-0.2, 0) is 0 Å². The Hall–Kier alpha value is -0.520. The molecule has 0 aromatic rings. The summed E-state index contributed by atoms with van der Waals surface area (Å²) in [7, 11) is 0. The highest BCUT2D eigenvalue weighted by atomic mass is 35.5. The maximum atomic E-state index is 8.78. The summed E-state index contributed by atoms with van der Waals surface area (Å²) in [6, 6.07) is 0. The van der Waals surface area contributed by atoms with Crippen molar-refractivity contribution < 1.29 is 9.90 Å². The van der Waals surface area contributed by atoms with Crippen LogP contribution in [0, 0.1) is 0 Å². The van der Waals surface area contributed by atoms with Crippen molar-refractivity contribution in [1.29, 1.82) is 0 Å². The molecule has 0 aliphatic rings. The minimum atomic E-state index is -1.33. The molecule has 0 rings (SSSR count). The summed E-state index contributed by atoms with van der Waals surface area (Å²) in [6.07, 6.45) is -1.33. The van der Waals surface area contributed by atoms with E-state index in [1.54, 1.807) is 0 Å². The van der Waals surface area contributed by atoms with Crippen LogP contribution in [0.25, 0.3) is 0 Å². The van der Waals surface area contributed by atoms with Gasteiger partial charge in [0.25, 0.3) is 0 Å². The van der Waals surface area contributed by atoms with Crippen molar-refractivity contribution in [2.45, 2.75) is 0 Å². The van der Waals surface area contributed by atoms with Gasteiger partial charge in [-0.1, -0.05) is 0 Å². The lowest BCUT2D eigenvalue weighted by molar-refractivity contribution is 0.205. The highest BCUT2D eigenvalue weighted by molar-refractivity contribution is 5.85. The third-order valence-electron chi connectivity index (χ3n) is 0. The zero-order valence-electron chi connectivity index (χ0n) is 3.76. The lowest BCUT2D eigenvalue weighted by atomic mass is 11.3. The largest absolute Gasteiger partial charge is 0.465 e. The fourth-order valence-electron chi connectivity index (χ4n) is 0. The van der Waals surface area contributed by atoms with Crippen LogP contribution < -0.4 is 18.0 Å². The van der Waals surface area contributed by atoms with Crippen LogP contribution in [0.2, 0.25) is 0 Å². The fraction of sp³-hybridized carbons (Fsp3) is 0. The SMILES string of the molecule is Cl.N.N.NC(=O)O. The van der Waals surface area contributed by atoms with Crippen LogP contribution in [0.15, 0.2) is 0 Å². The summed E-state index contributed by atoms with van der Waals surface area (Å²) in [5.74, 6) is 0. The molecule has 0 aromatic carbocycles.